The Morgan fingerprint density at radius 2 is 1.47 bits per heavy atom. The first-order valence-electron chi connectivity index (χ1n) is 23.0. The molecule has 0 amide bonds. The van der Waals surface area contributed by atoms with Crippen LogP contribution in [0.15, 0.2) is 132 Å². The van der Waals surface area contributed by atoms with Gasteiger partial charge in [0.25, 0.3) is 0 Å². The van der Waals surface area contributed by atoms with E-state index >= 15 is 0 Å². The summed E-state index contributed by atoms with van der Waals surface area (Å²) in [5.74, 6) is 7.40. The number of aryl methyl sites for hydroxylation is 1. The molecule has 0 unspecified atom stereocenters. The van der Waals surface area contributed by atoms with Crippen LogP contribution in [-0.4, -0.2) is 27.8 Å². The van der Waals surface area contributed by atoms with Gasteiger partial charge < -0.3 is 8.98 Å². The first-order chi connectivity index (χ1) is 30.7. The van der Waals surface area contributed by atoms with Crippen molar-refractivity contribution in [1.29, 1.82) is 0 Å². The van der Waals surface area contributed by atoms with Gasteiger partial charge in [-0.2, -0.15) is 0 Å². The van der Waals surface area contributed by atoms with Gasteiger partial charge in [0.1, 0.15) is 11.4 Å². The van der Waals surface area contributed by atoms with Gasteiger partial charge in [-0.05, 0) is 64.4 Å². The Bertz CT molecular complexity index is 3150. The normalized spacial score (nSPS) is 13.1. The van der Waals surface area contributed by atoms with E-state index in [0.29, 0.717) is 11.8 Å². The number of rotatable bonds is 8. The quantitative estimate of drug-likeness (QED) is 0.113. The summed E-state index contributed by atoms with van der Waals surface area (Å²) in [5, 5.41) is 2.04. The maximum atomic E-state index is 13.5. The minimum absolute atomic E-state index is 0. The number of hydrogen-bond acceptors (Lipinski definition) is 3. The maximum Gasteiger partial charge on any atom is 0 e. The zero-order valence-electron chi connectivity index (χ0n) is 40.7. The van der Waals surface area contributed by atoms with E-state index in [4.69, 9.17) is 14.9 Å². The molecule has 1 radical (unpaired) electrons. The largest absolute Gasteiger partial charge is 0 e. The van der Waals surface area contributed by atoms with Crippen molar-refractivity contribution in [2.45, 2.75) is 83.4 Å². The second-order valence-corrected chi connectivity index (χ2v) is 28.2. The summed E-state index contributed by atoms with van der Waals surface area (Å²) in [5.41, 5.74) is 12.7. The van der Waals surface area contributed by atoms with E-state index in [1.54, 1.807) is 24.3 Å². The molecule has 0 atom stereocenters. The molecule has 0 saturated heterocycles. The molecular weight excluding hydrogens is 1000 g/mol. The smallest absolute Gasteiger partial charge is 0 e. The minimum atomic E-state index is -2.14. The maximum absolute atomic E-state index is 13.5. The van der Waals surface area contributed by atoms with Gasteiger partial charge in [-0.1, -0.05) is 93.2 Å². The Morgan fingerprint density at radius 3 is 2.11 bits per heavy atom. The summed E-state index contributed by atoms with van der Waals surface area (Å²) in [6.07, 6.45) is 1.91. The molecule has 0 N–H and O–H groups in total. The van der Waals surface area contributed by atoms with Gasteiger partial charge in [0.2, 0.25) is 0 Å². The van der Waals surface area contributed by atoms with Crippen molar-refractivity contribution in [3.8, 4) is 39.5 Å². The van der Waals surface area contributed by atoms with Crippen LogP contribution in [0.2, 0.25) is 17.3 Å². The molecule has 0 saturated carbocycles. The van der Waals surface area contributed by atoms with Gasteiger partial charge in [-0.25, -0.2) is 4.39 Å². The number of imidazole rings is 1. The molecular formula is C55H54FGeIrN3O-2. The molecule has 0 aliphatic rings. The Hall–Kier alpha value is -5.14. The SMILES string of the molecule is CC(C)c1cccc(C(C)C)c1-n1c(-c2[c-]ccc3c2oc2cc(-c4ccc(F)cc4)ccc23)nc2ccccc21.[2H]C([2H])([2H])c1c[c-]c(-c2cc(C([2H])(C)C)[c]([Ge]([CH3])([CH3])[CH3])cn2)cc1.[Ir]. The molecule has 3 aromatic heterocycles. The number of nitrogens with zero attached hydrogens (tertiary/aromatic N) is 3. The van der Waals surface area contributed by atoms with Crippen LogP contribution < -0.4 is 4.40 Å². The second kappa shape index (κ2) is 18.3. The van der Waals surface area contributed by atoms with Crippen molar-refractivity contribution in [1.82, 2.24) is 14.5 Å². The van der Waals surface area contributed by atoms with Crippen molar-refractivity contribution in [2.24, 2.45) is 0 Å². The molecule has 62 heavy (non-hydrogen) atoms. The van der Waals surface area contributed by atoms with Crippen LogP contribution in [0, 0.1) is 24.8 Å². The monoisotopic (exact) mass is 1060 g/mol. The third-order valence-corrected chi connectivity index (χ3v) is 15.5. The second-order valence-electron chi connectivity index (χ2n) is 17.6. The fraction of sp³-hybridized carbons (Fsp3) is 0.236. The first-order valence-corrected chi connectivity index (χ1v) is 28.3. The van der Waals surface area contributed by atoms with E-state index in [0.717, 1.165) is 72.3 Å². The summed E-state index contributed by atoms with van der Waals surface area (Å²) in [7, 11) is 0. The number of benzene rings is 6. The third kappa shape index (κ3) is 8.88. The molecule has 0 spiro atoms. The predicted octanol–water partition coefficient (Wildman–Crippen LogP) is 15.0. The molecule has 3 heterocycles. The fourth-order valence-electron chi connectivity index (χ4n) is 8.12. The first kappa shape index (κ1) is 39.7. The van der Waals surface area contributed by atoms with Crippen molar-refractivity contribution in [3.05, 3.63) is 168 Å². The van der Waals surface area contributed by atoms with Crippen LogP contribution in [0.5, 0.6) is 0 Å². The van der Waals surface area contributed by atoms with Crippen molar-refractivity contribution in [3.63, 3.8) is 0 Å². The van der Waals surface area contributed by atoms with E-state index in [2.05, 4.69) is 121 Å². The molecule has 0 fully saturated rings. The van der Waals surface area contributed by atoms with E-state index in [1.165, 1.54) is 39.4 Å². The number of hydrogen-bond donors (Lipinski definition) is 0. The van der Waals surface area contributed by atoms with Crippen LogP contribution in [0.1, 0.15) is 87.0 Å². The van der Waals surface area contributed by atoms with Crippen LogP contribution in [0.4, 0.5) is 4.39 Å². The molecule has 4 nitrogen and oxygen atoms in total. The van der Waals surface area contributed by atoms with E-state index < -0.39 is 26.0 Å². The average Bonchev–Trinajstić information content (AvgIpc) is 3.84. The Balaban J connectivity index is 0.000000223. The number of halogens is 1. The van der Waals surface area contributed by atoms with E-state index in [1.807, 2.05) is 44.3 Å². The molecule has 0 aliphatic carbocycles. The number of furan rings is 1. The zero-order chi connectivity index (χ0) is 46.6. The summed E-state index contributed by atoms with van der Waals surface area (Å²) >= 11 is -2.14. The topological polar surface area (TPSA) is 43.9 Å². The van der Waals surface area contributed by atoms with Gasteiger partial charge in [-0.3, -0.25) is 4.98 Å². The molecule has 0 bridgehead atoms. The van der Waals surface area contributed by atoms with Gasteiger partial charge in [0.15, 0.2) is 0 Å². The van der Waals surface area contributed by atoms with Crippen LogP contribution >= 0.6 is 0 Å². The summed E-state index contributed by atoms with van der Waals surface area (Å²) in [6.45, 7) is 10.6. The minimum Gasteiger partial charge on any atom is 0 e. The predicted molar refractivity (Wildman–Crippen MR) is 257 cm³/mol. The van der Waals surface area contributed by atoms with Gasteiger partial charge in [-0.15, -0.1) is 18.2 Å². The Labute approximate surface area is 388 Å². The molecule has 7 heteroatoms. The zero-order valence-corrected chi connectivity index (χ0v) is 41.2. The van der Waals surface area contributed by atoms with Crippen LogP contribution in [-0.2, 0) is 20.1 Å². The average molecular weight is 1060 g/mol. The van der Waals surface area contributed by atoms with E-state index in [9.17, 15) is 4.39 Å². The number of fused-ring (bicyclic) bond motifs is 4. The fourth-order valence-corrected chi connectivity index (χ4v) is 11.4. The number of para-hydroxylation sites is 3. The molecule has 317 valence electrons. The summed E-state index contributed by atoms with van der Waals surface area (Å²) < 4.78 is 54.5. The number of aromatic nitrogens is 3. The third-order valence-electron chi connectivity index (χ3n) is 11.3. The van der Waals surface area contributed by atoms with E-state index in [-0.39, 0.29) is 31.5 Å². The Kier molecular flexibility index (Phi) is 11.7. The summed E-state index contributed by atoms with van der Waals surface area (Å²) in [4.78, 5) is 9.76. The van der Waals surface area contributed by atoms with Crippen LogP contribution in [0.25, 0.3) is 72.4 Å². The van der Waals surface area contributed by atoms with Gasteiger partial charge in [0, 0.05) is 31.2 Å². The molecule has 9 rings (SSSR count). The number of pyridine rings is 1. The van der Waals surface area contributed by atoms with Crippen molar-refractivity contribution >= 4 is 50.6 Å². The van der Waals surface area contributed by atoms with Crippen LogP contribution in [0.3, 0.4) is 0 Å². The standard InChI is InChI=1S/C37H30FN2O.C18H24GeN.Ir/c1-22(2)27-9-7-10-28(23(3)4)35(27)40-33-14-6-5-13-32(33)39-37(40)31-12-8-11-30-29-20-17-25(21-34(29)41-36(30)31)24-15-18-26(38)19-16-24;1-13(2)16-11-18(15-9-7-14(3)8-10-15)20-12-17(16)19(4,5)6;/h5-11,13-23H,1-4H3;7-9,11-13H,1-6H3;/q2*-1;/i;3D3,13D;. The van der Waals surface area contributed by atoms with Crippen molar-refractivity contribution in [2.75, 3.05) is 0 Å². The van der Waals surface area contributed by atoms with Gasteiger partial charge >= 0.3 is 131 Å². The van der Waals surface area contributed by atoms with Crippen molar-refractivity contribution < 1.29 is 34.4 Å². The Morgan fingerprint density at radius 1 is 0.758 bits per heavy atom. The molecule has 9 aromatic rings. The van der Waals surface area contributed by atoms with Gasteiger partial charge in [0.05, 0.1) is 22.4 Å². The molecule has 6 aromatic carbocycles. The summed E-state index contributed by atoms with van der Waals surface area (Å²) in [6, 6.07) is 45.0. The molecule has 0 aliphatic heterocycles.